The van der Waals surface area contributed by atoms with Gasteiger partial charge in [0.25, 0.3) is 0 Å². The molecule has 31 heavy (non-hydrogen) atoms. The van der Waals surface area contributed by atoms with Gasteiger partial charge < -0.3 is 9.80 Å². The monoisotopic (exact) mass is 415 g/mol. The number of anilines is 1. The second kappa shape index (κ2) is 8.71. The highest BCUT2D eigenvalue weighted by molar-refractivity contribution is 5.85. The molecule has 6 heteroatoms. The maximum Gasteiger partial charge on any atom is 0.142 e. The topological polar surface area (TPSA) is 62.2 Å². The Labute approximate surface area is 183 Å². The van der Waals surface area contributed by atoms with Crippen molar-refractivity contribution < 1.29 is 4.79 Å². The van der Waals surface area contributed by atoms with Crippen LogP contribution in [0.3, 0.4) is 0 Å². The number of hydrogen-bond acceptors (Lipinski definition) is 6. The number of pyridine rings is 3. The van der Waals surface area contributed by atoms with Crippen LogP contribution in [0.1, 0.15) is 31.4 Å². The maximum absolute atomic E-state index is 12.8. The SMILES string of the molecule is CN1CCC(C(=O)Cc2cc3nc(-c4cncc(N5CCCC5)c4)ccc3cn2)CC1. The molecule has 160 valence electrons. The second-order valence-electron chi connectivity index (χ2n) is 8.91. The number of Topliss-reactive ketones (excluding diaryl/α,β-unsaturated/α-hetero) is 1. The van der Waals surface area contributed by atoms with Gasteiger partial charge in [-0.15, -0.1) is 0 Å². The summed E-state index contributed by atoms with van der Waals surface area (Å²) < 4.78 is 0. The van der Waals surface area contributed by atoms with Crippen molar-refractivity contribution in [1.82, 2.24) is 19.9 Å². The minimum atomic E-state index is 0.160. The first-order valence-corrected chi connectivity index (χ1v) is 11.3. The summed E-state index contributed by atoms with van der Waals surface area (Å²) in [4.78, 5) is 31.3. The average Bonchev–Trinajstić information content (AvgIpc) is 3.34. The summed E-state index contributed by atoms with van der Waals surface area (Å²) in [7, 11) is 2.12. The number of rotatable bonds is 5. The number of likely N-dealkylation sites (tertiary alicyclic amines) is 1. The van der Waals surface area contributed by atoms with Crippen LogP contribution in [0, 0.1) is 5.92 Å². The van der Waals surface area contributed by atoms with Crippen molar-refractivity contribution in [1.29, 1.82) is 0 Å². The molecule has 0 amide bonds. The lowest BCUT2D eigenvalue weighted by Crippen LogP contribution is -2.34. The Hall–Kier alpha value is -2.86. The van der Waals surface area contributed by atoms with Crippen molar-refractivity contribution >= 4 is 22.4 Å². The fourth-order valence-electron chi connectivity index (χ4n) is 4.68. The standard InChI is InChI=1S/C25H29N5O/c1-29-10-6-18(7-11-29)25(31)14-21-13-24-19(16-27-21)4-5-23(28-24)20-12-22(17-26-15-20)30-8-2-3-9-30/h4-5,12-13,15-18H,2-3,6-11,14H2,1H3. The first kappa shape index (κ1) is 20.1. The highest BCUT2D eigenvalue weighted by atomic mass is 16.1. The Balaban J connectivity index is 1.37. The Morgan fingerprint density at radius 3 is 2.65 bits per heavy atom. The third kappa shape index (κ3) is 4.44. The van der Waals surface area contributed by atoms with E-state index in [4.69, 9.17) is 4.98 Å². The number of nitrogens with zero attached hydrogens (tertiary/aromatic N) is 5. The van der Waals surface area contributed by atoms with E-state index in [-0.39, 0.29) is 5.92 Å². The van der Waals surface area contributed by atoms with E-state index in [9.17, 15) is 4.79 Å². The molecule has 2 aliphatic rings. The van der Waals surface area contributed by atoms with E-state index in [1.54, 1.807) is 0 Å². The molecule has 2 saturated heterocycles. The van der Waals surface area contributed by atoms with Crippen molar-refractivity contribution in [2.45, 2.75) is 32.1 Å². The largest absolute Gasteiger partial charge is 0.370 e. The van der Waals surface area contributed by atoms with Gasteiger partial charge in [0.2, 0.25) is 0 Å². The number of carbonyl (C=O) groups excluding carboxylic acids is 1. The minimum Gasteiger partial charge on any atom is -0.370 e. The summed E-state index contributed by atoms with van der Waals surface area (Å²) >= 11 is 0. The van der Waals surface area contributed by atoms with E-state index < -0.39 is 0 Å². The van der Waals surface area contributed by atoms with Crippen molar-refractivity contribution in [2.75, 3.05) is 38.1 Å². The predicted octanol–water partition coefficient (Wildman–Crippen LogP) is 3.75. The molecule has 0 aliphatic carbocycles. The summed E-state index contributed by atoms with van der Waals surface area (Å²) in [5.41, 5.74) is 4.78. The molecule has 6 nitrogen and oxygen atoms in total. The van der Waals surface area contributed by atoms with Crippen LogP contribution in [0.4, 0.5) is 5.69 Å². The fraction of sp³-hybridized carbons (Fsp3) is 0.440. The first-order chi connectivity index (χ1) is 15.2. The molecule has 0 unspecified atom stereocenters. The molecule has 0 N–H and O–H groups in total. The number of hydrogen-bond donors (Lipinski definition) is 0. The van der Waals surface area contributed by atoms with Crippen molar-refractivity contribution in [3.8, 4) is 11.3 Å². The zero-order valence-corrected chi connectivity index (χ0v) is 18.1. The van der Waals surface area contributed by atoms with Gasteiger partial charge in [-0.3, -0.25) is 14.8 Å². The van der Waals surface area contributed by atoms with Crippen molar-refractivity contribution in [2.24, 2.45) is 5.92 Å². The zero-order chi connectivity index (χ0) is 21.2. The summed E-state index contributed by atoms with van der Waals surface area (Å²) in [5.74, 6) is 0.464. The Kier molecular flexibility index (Phi) is 5.64. The molecule has 2 aliphatic heterocycles. The van der Waals surface area contributed by atoms with Crippen LogP contribution in [0.15, 0.2) is 42.9 Å². The van der Waals surface area contributed by atoms with Crippen molar-refractivity contribution in [3.63, 3.8) is 0 Å². The van der Waals surface area contributed by atoms with Gasteiger partial charge in [0.05, 0.1) is 23.1 Å². The Bertz CT molecular complexity index is 1080. The highest BCUT2D eigenvalue weighted by Crippen LogP contribution is 2.26. The van der Waals surface area contributed by atoms with Gasteiger partial charge in [-0.1, -0.05) is 0 Å². The molecule has 0 bridgehead atoms. The molecule has 2 fully saturated rings. The average molecular weight is 416 g/mol. The third-order valence-corrected chi connectivity index (χ3v) is 6.65. The van der Waals surface area contributed by atoms with Crippen LogP contribution >= 0.6 is 0 Å². The quantitative estimate of drug-likeness (QED) is 0.633. The molecular formula is C25H29N5O. The lowest BCUT2D eigenvalue weighted by molar-refractivity contribution is -0.123. The molecular weight excluding hydrogens is 386 g/mol. The molecule has 0 radical (unpaired) electrons. The van der Waals surface area contributed by atoms with Crippen LogP contribution in [0.25, 0.3) is 22.2 Å². The van der Waals surface area contributed by atoms with Gasteiger partial charge in [-0.25, -0.2) is 4.98 Å². The lowest BCUT2D eigenvalue weighted by atomic mass is 9.90. The van der Waals surface area contributed by atoms with Gasteiger partial charge in [0, 0.05) is 54.5 Å². The number of ketones is 1. The molecule has 0 atom stereocenters. The molecule has 0 saturated carbocycles. The smallest absolute Gasteiger partial charge is 0.142 e. The fourth-order valence-corrected chi connectivity index (χ4v) is 4.68. The van der Waals surface area contributed by atoms with E-state index in [2.05, 4.69) is 38.9 Å². The van der Waals surface area contributed by atoms with E-state index in [0.717, 1.165) is 72.6 Å². The maximum atomic E-state index is 12.8. The van der Waals surface area contributed by atoms with Gasteiger partial charge >= 0.3 is 0 Å². The molecule has 3 aromatic rings. The van der Waals surface area contributed by atoms with E-state index in [1.807, 2.05) is 30.7 Å². The van der Waals surface area contributed by atoms with Crippen LogP contribution in [0.5, 0.6) is 0 Å². The van der Waals surface area contributed by atoms with E-state index >= 15 is 0 Å². The molecule has 5 heterocycles. The summed E-state index contributed by atoms with van der Waals surface area (Å²) in [6, 6.07) is 8.23. The van der Waals surface area contributed by atoms with Gasteiger partial charge in [-0.05, 0) is 70.1 Å². The van der Waals surface area contributed by atoms with Crippen LogP contribution in [-0.4, -0.2) is 58.9 Å². The Morgan fingerprint density at radius 2 is 1.84 bits per heavy atom. The number of piperidine rings is 1. The number of carbonyl (C=O) groups is 1. The first-order valence-electron chi connectivity index (χ1n) is 11.3. The molecule has 0 spiro atoms. The van der Waals surface area contributed by atoms with E-state index in [1.165, 1.54) is 12.8 Å². The van der Waals surface area contributed by atoms with Gasteiger partial charge in [0.15, 0.2) is 0 Å². The normalized spacial score (nSPS) is 18.0. The number of fused-ring (bicyclic) bond motifs is 1. The summed E-state index contributed by atoms with van der Waals surface area (Å²) in [6.07, 6.45) is 10.4. The Morgan fingerprint density at radius 1 is 1.03 bits per heavy atom. The summed E-state index contributed by atoms with van der Waals surface area (Å²) in [5, 5.41) is 0.989. The molecule has 0 aromatic carbocycles. The second-order valence-corrected chi connectivity index (χ2v) is 8.91. The zero-order valence-electron chi connectivity index (χ0n) is 18.1. The number of aromatic nitrogens is 3. The van der Waals surface area contributed by atoms with Crippen molar-refractivity contribution in [3.05, 3.63) is 48.5 Å². The third-order valence-electron chi connectivity index (χ3n) is 6.65. The van der Waals surface area contributed by atoms with Gasteiger partial charge in [0.1, 0.15) is 5.78 Å². The van der Waals surface area contributed by atoms with Gasteiger partial charge in [-0.2, -0.15) is 0 Å². The molecule has 3 aromatic heterocycles. The molecule has 5 rings (SSSR count). The lowest BCUT2D eigenvalue weighted by Gasteiger charge is -2.27. The van der Waals surface area contributed by atoms with Crippen LogP contribution in [-0.2, 0) is 11.2 Å². The predicted molar refractivity (Wildman–Crippen MR) is 123 cm³/mol. The van der Waals surface area contributed by atoms with Crippen LogP contribution < -0.4 is 4.90 Å². The van der Waals surface area contributed by atoms with Crippen LogP contribution in [0.2, 0.25) is 0 Å². The summed E-state index contributed by atoms with van der Waals surface area (Å²) in [6.45, 7) is 4.18. The van der Waals surface area contributed by atoms with E-state index in [0.29, 0.717) is 12.2 Å². The minimum absolute atomic E-state index is 0.160. The highest BCUT2D eigenvalue weighted by Gasteiger charge is 2.23.